The Balaban J connectivity index is 2.24. The van der Waals surface area contributed by atoms with E-state index in [0.29, 0.717) is 36.6 Å². The summed E-state index contributed by atoms with van der Waals surface area (Å²) in [6.45, 7) is 2.16. The summed E-state index contributed by atoms with van der Waals surface area (Å²) in [7, 11) is 1.28. The first-order valence-electron chi connectivity index (χ1n) is 6.81. The van der Waals surface area contributed by atoms with Gasteiger partial charge >= 0.3 is 5.97 Å². The molecule has 1 heterocycles. The van der Waals surface area contributed by atoms with Crippen LogP contribution in [0.2, 0.25) is 5.02 Å². The quantitative estimate of drug-likeness (QED) is 0.385. The number of hydrogen-bond donors (Lipinski definition) is 0. The van der Waals surface area contributed by atoms with E-state index in [-0.39, 0.29) is 12.5 Å². The van der Waals surface area contributed by atoms with Crippen LogP contribution in [0, 0.1) is 0 Å². The van der Waals surface area contributed by atoms with Gasteiger partial charge in [0.05, 0.1) is 21.5 Å². The largest absolute Gasteiger partial charge is 0.479 e. The van der Waals surface area contributed by atoms with Gasteiger partial charge in [-0.1, -0.05) is 35.6 Å². The van der Waals surface area contributed by atoms with E-state index in [1.54, 1.807) is 18.2 Å². The minimum Gasteiger partial charge on any atom is -0.479 e. The zero-order valence-corrected chi connectivity index (χ0v) is 16.8. The molecule has 1 amide bonds. The molecular formula is C15H13BrClNO4S2. The number of halogens is 2. The third-order valence-electron chi connectivity index (χ3n) is 3.07. The minimum absolute atomic E-state index is 0.120. The van der Waals surface area contributed by atoms with E-state index >= 15 is 0 Å². The van der Waals surface area contributed by atoms with E-state index < -0.39 is 5.97 Å². The first-order chi connectivity index (χ1) is 11.4. The molecule has 1 fully saturated rings. The number of carbonyl (C=O) groups is 2. The standard InChI is InChI=1S/C15H13BrClNO4S2/c1-3-18-14(20)11(24-15(18)23)6-8-4-9(16)13(10(17)5-8)22-7-12(19)21-2/h4-6H,3,7H2,1-2H3/b11-6-. The maximum absolute atomic E-state index is 12.2. The van der Waals surface area contributed by atoms with Crippen molar-refractivity contribution in [2.75, 3.05) is 20.3 Å². The molecule has 1 aromatic rings. The molecule has 5 nitrogen and oxygen atoms in total. The van der Waals surface area contributed by atoms with Gasteiger partial charge in [0.2, 0.25) is 0 Å². The van der Waals surface area contributed by atoms with Gasteiger partial charge in [-0.2, -0.15) is 0 Å². The third-order valence-corrected chi connectivity index (χ3v) is 5.32. The van der Waals surface area contributed by atoms with Gasteiger partial charge in [0, 0.05) is 6.54 Å². The Morgan fingerprint density at radius 2 is 2.21 bits per heavy atom. The van der Waals surface area contributed by atoms with Crippen LogP contribution in [0.5, 0.6) is 5.75 Å². The van der Waals surface area contributed by atoms with Crippen molar-refractivity contribution in [1.29, 1.82) is 0 Å². The Labute approximate surface area is 162 Å². The molecule has 1 aliphatic heterocycles. The van der Waals surface area contributed by atoms with Gasteiger partial charge in [0.15, 0.2) is 12.4 Å². The summed E-state index contributed by atoms with van der Waals surface area (Å²) in [6, 6.07) is 3.40. The number of rotatable bonds is 5. The molecule has 0 saturated carbocycles. The molecular weight excluding hydrogens is 438 g/mol. The van der Waals surface area contributed by atoms with Crippen molar-refractivity contribution in [1.82, 2.24) is 4.90 Å². The lowest BCUT2D eigenvalue weighted by atomic mass is 10.2. The number of nitrogens with zero attached hydrogens (tertiary/aromatic N) is 1. The number of benzene rings is 1. The highest BCUT2D eigenvalue weighted by Crippen LogP contribution is 2.37. The molecule has 9 heteroatoms. The Morgan fingerprint density at radius 3 is 2.75 bits per heavy atom. The number of likely N-dealkylation sites (N-methyl/N-ethyl adjacent to an activating group) is 1. The van der Waals surface area contributed by atoms with Crippen molar-refractivity contribution in [3.05, 3.63) is 32.1 Å². The molecule has 0 aliphatic carbocycles. The van der Waals surface area contributed by atoms with Crippen LogP contribution in [0.15, 0.2) is 21.5 Å². The summed E-state index contributed by atoms with van der Waals surface area (Å²) in [6.07, 6.45) is 1.72. The van der Waals surface area contributed by atoms with Gasteiger partial charge in [0.1, 0.15) is 4.32 Å². The summed E-state index contributed by atoms with van der Waals surface area (Å²) < 4.78 is 11.0. The fourth-order valence-corrected chi connectivity index (χ4v) is 4.29. The SMILES string of the molecule is CCN1C(=O)/C(=C/c2cc(Cl)c(OCC(=O)OC)c(Br)c2)SC1=S. The van der Waals surface area contributed by atoms with Crippen molar-refractivity contribution in [2.24, 2.45) is 0 Å². The van der Waals surface area contributed by atoms with Crippen LogP contribution in [0.1, 0.15) is 12.5 Å². The predicted octanol–water partition coefficient (Wildman–Crippen LogP) is 3.88. The molecule has 24 heavy (non-hydrogen) atoms. The minimum atomic E-state index is -0.509. The number of thiocarbonyl (C=S) groups is 1. The molecule has 1 saturated heterocycles. The molecule has 0 N–H and O–H groups in total. The van der Waals surface area contributed by atoms with Gasteiger partial charge in [-0.25, -0.2) is 4.79 Å². The zero-order chi connectivity index (χ0) is 17.9. The van der Waals surface area contributed by atoms with E-state index in [4.69, 9.17) is 28.6 Å². The maximum atomic E-state index is 12.2. The molecule has 2 rings (SSSR count). The zero-order valence-electron chi connectivity index (χ0n) is 12.8. The topological polar surface area (TPSA) is 55.8 Å². The lowest BCUT2D eigenvalue weighted by Gasteiger charge is -2.10. The van der Waals surface area contributed by atoms with Crippen LogP contribution in [-0.2, 0) is 14.3 Å². The van der Waals surface area contributed by atoms with E-state index in [1.165, 1.54) is 23.8 Å². The number of esters is 1. The molecule has 0 spiro atoms. The van der Waals surface area contributed by atoms with Crippen molar-refractivity contribution >= 4 is 73.8 Å². The lowest BCUT2D eigenvalue weighted by molar-refractivity contribution is -0.142. The highest BCUT2D eigenvalue weighted by molar-refractivity contribution is 9.10. The Bertz CT molecular complexity index is 715. The van der Waals surface area contributed by atoms with Crippen LogP contribution in [0.3, 0.4) is 0 Å². The van der Waals surface area contributed by atoms with Crippen LogP contribution < -0.4 is 4.74 Å². The summed E-state index contributed by atoms with van der Waals surface area (Å²) in [5.41, 5.74) is 0.717. The number of hydrogen-bond acceptors (Lipinski definition) is 6. The predicted molar refractivity (Wildman–Crippen MR) is 102 cm³/mol. The lowest BCUT2D eigenvalue weighted by Crippen LogP contribution is -2.27. The van der Waals surface area contributed by atoms with Crippen LogP contribution in [-0.4, -0.2) is 41.4 Å². The van der Waals surface area contributed by atoms with Crippen LogP contribution in [0.4, 0.5) is 0 Å². The monoisotopic (exact) mass is 449 g/mol. The Kier molecular flexibility index (Phi) is 6.68. The summed E-state index contributed by atoms with van der Waals surface area (Å²) >= 11 is 16.0. The van der Waals surface area contributed by atoms with Gasteiger partial charge < -0.3 is 9.47 Å². The molecule has 1 aromatic carbocycles. The van der Waals surface area contributed by atoms with Gasteiger partial charge in [-0.15, -0.1) is 0 Å². The van der Waals surface area contributed by atoms with Gasteiger partial charge in [-0.3, -0.25) is 9.69 Å². The van der Waals surface area contributed by atoms with E-state index in [0.717, 1.165) is 0 Å². The van der Waals surface area contributed by atoms with Crippen molar-refractivity contribution < 1.29 is 19.1 Å². The molecule has 128 valence electrons. The number of ether oxygens (including phenoxy) is 2. The van der Waals surface area contributed by atoms with Crippen LogP contribution in [0.25, 0.3) is 6.08 Å². The fraction of sp³-hybridized carbons (Fsp3) is 0.267. The molecule has 1 aliphatic rings. The Hall–Kier alpha value is -1.09. The number of thioether (sulfide) groups is 1. The van der Waals surface area contributed by atoms with E-state index in [2.05, 4.69) is 20.7 Å². The van der Waals surface area contributed by atoms with Crippen molar-refractivity contribution in [3.8, 4) is 5.75 Å². The number of amides is 1. The summed E-state index contributed by atoms with van der Waals surface area (Å²) in [4.78, 5) is 25.5. The van der Waals surface area contributed by atoms with Crippen molar-refractivity contribution in [3.63, 3.8) is 0 Å². The van der Waals surface area contributed by atoms with Gasteiger partial charge in [0.25, 0.3) is 5.91 Å². The maximum Gasteiger partial charge on any atom is 0.343 e. The normalized spacial score (nSPS) is 16.0. The first kappa shape index (κ1) is 19.2. The third kappa shape index (κ3) is 4.30. The highest BCUT2D eigenvalue weighted by Gasteiger charge is 2.30. The second kappa shape index (κ2) is 8.33. The average Bonchev–Trinajstić information content (AvgIpc) is 2.79. The second-order valence-corrected chi connectivity index (χ2v) is 7.54. The average molecular weight is 451 g/mol. The Morgan fingerprint density at radius 1 is 1.50 bits per heavy atom. The van der Waals surface area contributed by atoms with Gasteiger partial charge in [-0.05, 0) is 46.6 Å². The number of methoxy groups -OCH3 is 1. The summed E-state index contributed by atoms with van der Waals surface area (Å²) in [5.74, 6) is -0.295. The molecule has 0 bridgehead atoms. The molecule has 0 unspecified atom stereocenters. The summed E-state index contributed by atoms with van der Waals surface area (Å²) in [5, 5.41) is 0.311. The molecule has 0 radical (unpaired) electrons. The first-order valence-corrected chi connectivity index (χ1v) is 9.21. The molecule has 0 atom stereocenters. The van der Waals surface area contributed by atoms with Crippen LogP contribution >= 0.6 is 51.5 Å². The fourth-order valence-electron chi connectivity index (χ4n) is 1.91. The second-order valence-electron chi connectivity index (χ2n) is 4.60. The number of carbonyl (C=O) groups excluding carboxylic acids is 2. The molecule has 0 aromatic heterocycles. The van der Waals surface area contributed by atoms with Crippen molar-refractivity contribution in [2.45, 2.75) is 6.92 Å². The van der Waals surface area contributed by atoms with E-state index in [9.17, 15) is 9.59 Å². The van der Waals surface area contributed by atoms with E-state index in [1.807, 2.05) is 6.92 Å². The highest BCUT2D eigenvalue weighted by atomic mass is 79.9. The smallest absolute Gasteiger partial charge is 0.343 e.